The van der Waals surface area contributed by atoms with E-state index in [0.29, 0.717) is 38.0 Å². The van der Waals surface area contributed by atoms with Gasteiger partial charge in [-0.1, -0.05) is 48.5 Å². The first kappa shape index (κ1) is 19.4. The monoisotopic (exact) mass is 469 g/mol. The predicted octanol–water partition coefficient (Wildman–Crippen LogP) is 5.54. The number of hydrogen-bond donors (Lipinski definition) is 1. The lowest BCUT2D eigenvalue weighted by atomic mass is 10.0. The van der Waals surface area contributed by atoms with Crippen LogP contribution in [0.2, 0.25) is 0 Å². The standard InChI is InChI=1S/C22H16BrNO4S/c1-14-20(21(25)15-8-4-2-5-9-15)18-12-16(13-19(23)22(18)28-14)24-29(26,27)17-10-6-3-7-11-17/h2-13,24H,1H3. The van der Waals surface area contributed by atoms with Gasteiger partial charge in [0.1, 0.15) is 11.3 Å². The largest absolute Gasteiger partial charge is 0.459 e. The molecule has 0 bridgehead atoms. The summed E-state index contributed by atoms with van der Waals surface area (Å²) in [5, 5.41) is 0.538. The van der Waals surface area contributed by atoms with E-state index in [0.717, 1.165) is 0 Å². The van der Waals surface area contributed by atoms with Crippen LogP contribution in [0.5, 0.6) is 0 Å². The smallest absolute Gasteiger partial charge is 0.261 e. The summed E-state index contributed by atoms with van der Waals surface area (Å²) in [6.07, 6.45) is 0. The van der Waals surface area contributed by atoms with E-state index >= 15 is 0 Å². The Morgan fingerprint density at radius 2 is 1.59 bits per heavy atom. The molecular formula is C22H16BrNO4S. The second-order valence-corrected chi connectivity index (χ2v) is 9.02. The number of aryl methyl sites for hydroxylation is 1. The Morgan fingerprint density at radius 1 is 0.966 bits per heavy atom. The third kappa shape index (κ3) is 3.71. The van der Waals surface area contributed by atoms with Crippen LogP contribution in [-0.2, 0) is 10.0 Å². The van der Waals surface area contributed by atoms with Crippen molar-refractivity contribution in [1.29, 1.82) is 0 Å². The molecule has 0 fully saturated rings. The molecule has 0 saturated heterocycles. The van der Waals surface area contributed by atoms with Gasteiger partial charge in [-0.2, -0.15) is 0 Å². The molecule has 0 amide bonds. The molecule has 0 radical (unpaired) electrons. The highest BCUT2D eigenvalue weighted by Crippen LogP contribution is 2.36. The maximum Gasteiger partial charge on any atom is 0.261 e. The molecule has 0 saturated carbocycles. The molecule has 4 rings (SSSR count). The fourth-order valence-corrected chi connectivity index (χ4v) is 4.77. The molecule has 0 aliphatic carbocycles. The number of ketones is 1. The van der Waals surface area contributed by atoms with Crippen LogP contribution in [0.3, 0.4) is 0 Å². The zero-order valence-electron chi connectivity index (χ0n) is 15.3. The highest BCUT2D eigenvalue weighted by Gasteiger charge is 2.23. The molecule has 4 aromatic rings. The first-order chi connectivity index (χ1) is 13.9. The second kappa shape index (κ2) is 7.50. The van der Waals surface area contributed by atoms with Crippen molar-refractivity contribution in [3.05, 3.63) is 94.2 Å². The Kier molecular flexibility index (Phi) is 5.02. The van der Waals surface area contributed by atoms with Crippen molar-refractivity contribution < 1.29 is 17.6 Å². The lowest BCUT2D eigenvalue weighted by Gasteiger charge is -2.09. The SMILES string of the molecule is Cc1oc2c(Br)cc(NS(=O)(=O)c3ccccc3)cc2c1C(=O)c1ccccc1. The van der Waals surface area contributed by atoms with E-state index in [1.54, 1.807) is 61.5 Å². The lowest BCUT2D eigenvalue weighted by Crippen LogP contribution is -2.12. The quantitative estimate of drug-likeness (QED) is 0.389. The minimum Gasteiger partial charge on any atom is -0.459 e. The summed E-state index contributed by atoms with van der Waals surface area (Å²) in [6, 6.07) is 20.2. The topological polar surface area (TPSA) is 76.4 Å². The zero-order chi connectivity index (χ0) is 20.6. The molecule has 29 heavy (non-hydrogen) atoms. The highest BCUT2D eigenvalue weighted by atomic mass is 79.9. The maximum absolute atomic E-state index is 13.1. The molecule has 0 aliphatic rings. The Hall–Kier alpha value is -2.90. The number of halogens is 1. The fraction of sp³-hybridized carbons (Fsp3) is 0.0455. The number of sulfonamides is 1. The van der Waals surface area contributed by atoms with Crippen LogP contribution in [0, 0.1) is 6.92 Å². The van der Waals surface area contributed by atoms with Crippen molar-refractivity contribution in [2.24, 2.45) is 0 Å². The average molecular weight is 470 g/mol. The summed E-state index contributed by atoms with van der Waals surface area (Å²) < 4.78 is 34.3. The molecule has 3 aromatic carbocycles. The van der Waals surface area contributed by atoms with Crippen LogP contribution in [0.15, 0.2) is 86.6 Å². The number of carbonyl (C=O) groups is 1. The molecular weight excluding hydrogens is 454 g/mol. The third-order valence-corrected chi connectivity index (χ3v) is 6.48. The minimum absolute atomic E-state index is 0.153. The van der Waals surface area contributed by atoms with Gasteiger partial charge in [-0.15, -0.1) is 0 Å². The minimum atomic E-state index is -3.76. The average Bonchev–Trinajstić information content (AvgIpc) is 3.05. The first-order valence-electron chi connectivity index (χ1n) is 8.77. The molecule has 7 heteroatoms. The highest BCUT2D eigenvalue weighted by molar-refractivity contribution is 9.10. The number of benzene rings is 3. The predicted molar refractivity (Wildman–Crippen MR) is 116 cm³/mol. The fourth-order valence-electron chi connectivity index (χ4n) is 3.17. The summed E-state index contributed by atoms with van der Waals surface area (Å²) in [5.74, 6) is 0.287. The van der Waals surface area contributed by atoms with Crippen LogP contribution in [0.25, 0.3) is 11.0 Å². The summed E-state index contributed by atoms with van der Waals surface area (Å²) in [6.45, 7) is 1.72. The molecule has 0 aliphatic heterocycles. The molecule has 5 nitrogen and oxygen atoms in total. The summed E-state index contributed by atoms with van der Waals surface area (Å²) in [5.41, 5.74) is 1.76. The number of rotatable bonds is 5. The van der Waals surface area contributed by atoms with Crippen molar-refractivity contribution in [1.82, 2.24) is 0 Å². The van der Waals surface area contributed by atoms with Gasteiger partial charge in [-0.25, -0.2) is 8.42 Å². The molecule has 146 valence electrons. The maximum atomic E-state index is 13.1. The number of carbonyl (C=O) groups excluding carboxylic acids is 1. The van der Waals surface area contributed by atoms with E-state index in [2.05, 4.69) is 20.7 Å². The van der Waals surface area contributed by atoms with E-state index in [9.17, 15) is 13.2 Å². The van der Waals surface area contributed by atoms with Crippen LogP contribution in [-0.4, -0.2) is 14.2 Å². The summed E-state index contributed by atoms with van der Waals surface area (Å²) in [4.78, 5) is 13.2. The molecule has 1 N–H and O–H groups in total. The molecule has 1 heterocycles. The van der Waals surface area contributed by atoms with Gasteiger partial charge >= 0.3 is 0 Å². The number of hydrogen-bond acceptors (Lipinski definition) is 4. The van der Waals surface area contributed by atoms with Crippen LogP contribution in [0.4, 0.5) is 5.69 Å². The van der Waals surface area contributed by atoms with E-state index in [4.69, 9.17) is 4.42 Å². The van der Waals surface area contributed by atoms with Gasteiger partial charge < -0.3 is 4.42 Å². The molecule has 1 aromatic heterocycles. The van der Waals surface area contributed by atoms with E-state index < -0.39 is 10.0 Å². The van der Waals surface area contributed by atoms with Gasteiger partial charge in [0.25, 0.3) is 10.0 Å². The molecule has 0 spiro atoms. The third-order valence-electron chi connectivity index (χ3n) is 4.49. The van der Waals surface area contributed by atoms with Crippen molar-refractivity contribution >= 4 is 48.4 Å². The van der Waals surface area contributed by atoms with Crippen molar-refractivity contribution in [2.75, 3.05) is 4.72 Å². The van der Waals surface area contributed by atoms with E-state index in [1.807, 2.05) is 6.07 Å². The number of nitrogens with one attached hydrogen (secondary N) is 1. The number of anilines is 1. The first-order valence-corrected chi connectivity index (χ1v) is 11.0. The normalized spacial score (nSPS) is 11.5. The van der Waals surface area contributed by atoms with E-state index in [1.165, 1.54) is 12.1 Å². The van der Waals surface area contributed by atoms with Gasteiger partial charge in [0, 0.05) is 10.9 Å². The Bertz CT molecular complexity index is 1310. The number of furan rings is 1. The van der Waals surface area contributed by atoms with Gasteiger partial charge in [-0.05, 0) is 47.1 Å². The lowest BCUT2D eigenvalue weighted by molar-refractivity contribution is 0.103. The van der Waals surface area contributed by atoms with Gasteiger partial charge in [0.15, 0.2) is 5.78 Å². The Labute approximate surface area is 176 Å². The van der Waals surface area contributed by atoms with Gasteiger partial charge in [0.05, 0.1) is 20.6 Å². The van der Waals surface area contributed by atoms with Crippen molar-refractivity contribution in [3.8, 4) is 0 Å². The van der Waals surface area contributed by atoms with Crippen LogP contribution in [0.1, 0.15) is 21.7 Å². The van der Waals surface area contributed by atoms with Gasteiger partial charge in [0.2, 0.25) is 0 Å². The van der Waals surface area contributed by atoms with E-state index in [-0.39, 0.29) is 10.7 Å². The Balaban J connectivity index is 1.82. The summed E-state index contributed by atoms with van der Waals surface area (Å²) >= 11 is 3.42. The van der Waals surface area contributed by atoms with Crippen molar-refractivity contribution in [3.63, 3.8) is 0 Å². The van der Waals surface area contributed by atoms with Crippen LogP contribution >= 0.6 is 15.9 Å². The Morgan fingerprint density at radius 3 is 2.24 bits per heavy atom. The zero-order valence-corrected chi connectivity index (χ0v) is 17.7. The van der Waals surface area contributed by atoms with Gasteiger partial charge in [-0.3, -0.25) is 9.52 Å². The molecule has 0 atom stereocenters. The molecule has 0 unspecified atom stereocenters. The summed E-state index contributed by atoms with van der Waals surface area (Å²) in [7, 11) is -3.76. The second-order valence-electron chi connectivity index (χ2n) is 6.48. The van der Waals surface area contributed by atoms with Crippen LogP contribution < -0.4 is 4.72 Å². The van der Waals surface area contributed by atoms with Crippen molar-refractivity contribution in [2.45, 2.75) is 11.8 Å². The number of fused-ring (bicyclic) bond motifs is 1.